The van der Waals surface area contributed by atoms with E-state index in [-0.39, 0.29) is 11.7 Å². The van der Waals surface area contributed by atoms with E-state index in [4.69, 9.17) is 11.2 Å². The van der Waals surface area contributed by atoms with Crippen molar-refractivity contribution >= 4 is 19.7 Å². The lowest BCUT2D eigenvalue weighted by molar-refractivity contribution is 0.104. The molecule has 0 heterocycles. The van der Waals surface area contributed by atoms with Crippen molar-refractivity contribution in [2.75, 3.05) is 5.75 Å². The van der Waals surface area contributed by atoms with Gasteiger partial charge in [0, 0.05) is 4.90 Å². The number of rotatable bonds is 4. The molecule has 1 aromatic carbocycles. The molecule has 4 heteroatoms. The fraction of sp³-hybridized carbons (Fsp3) is 0.571. The molecule has 2 atom stereocenters. The van der Waals surface area contributed by atoms with Gasteiger partial charge in [0.1, 0.15) is 0 Å². The van der Waals surface area contributed by atoms with E-state index in [1.54, 1.807) is 12.1 Å². The summed E-state index contributed by atoms with van der Waals surface area (Å²) in [6.07, 6.45) is 5.17. The quantitative estimate of drug-likeness (QED) is 0.924. The van der Waals surface area contributed by atoms with Crippen LogP contribution in [0.25, 0.3) is 0 Å². The molecule has 1 aliphatic carbocycles. The van der Waals surface area contributed by atoms with Crippen molar-refractivity contribution in [2.24, 2.45) is 5.92 Å². The lowest BCUT2D eigenvalue weighted by Gasteiger charge is -2.27. The van der Waals surface area contributed by atoms with Crippen LogP contribution in [0.2, 0.25) is 0 Å². The molecule has 1 fully saturated rings. The van der Waals surface area contributed by atoms with Crippen molar-refractivity contribution < 1.29 is 9.32 Å². The Morgan fingerprint density at radius 3 is 2.44 bits per heavy atom. The van der Waals surface area contributed by atoms with E-state index in [2.05, 4.69) is 0 Å². The number of benzene rings is 1. The normalized spacial score (nSPS) is 22.3. The second-order valence-electron chi connectivity index (χ2n) is 5.06. The monoisotopic (exact) mass is 284 g/mol. The molecule has 0 radical (unpaired) electrons. The summed E-state index contributed by atoms with van der Waals surface area (Å²) in [5.74, 6) is 0.503. The van der Waals surface area contributed by atoms with Crippen LogP contribution in [0.15, 0.2) is 35.2 Å². The molecular weight excluding hydrogens is 264 g/mol. The molecule has 1 saturated carbocycles. The predicted octanol–water partition coefficient (Wildman–Crippen LogP) is 2.73. The molecule has 1 aliphatic rings. The summed E-state index contributed by atoms with van der Waals surface area (Å²) in [7, 11) is -2.53. The Morgan fingerprint density at radius 1 is 1.22 bits per heavy atom. The molecule has 0 aliphatic heterocycles. The predicted molar refractivity (Wildman–Crippen MR) is 77.7 cm³/mol. The molecule has 0 bridgehead atoms. The van der Waals surface area contributed by atoms with Crippen molar-refractivity contribution in [2.45, 2.75) is 43.1 Å². The molecule has 0 spiro atoms. The molecule has 0 amide bonds. The van der Waals surface area contributed by atoms with Crippen LogP contribution in [0.5, 0.6) is 0 Å². The molecule has 1 aromatic rings. The van der Waals surface area contributed by atoms with Crippen LogP contribution in [-0.2, 0) is 19.7 Å². The Hall–Kier alpha value is -0.450. The maximum absolute atomic E-state index is 12.5. The van der Waals surface area contributed by atoms with Crippen LogP contribution >= 0.6 is 0 Å². The Bertz CT molecular complexity index is 462. The van der Waals surface area contributed by atoms with Gasteiger partial charge in [-0.3, -0.25) is 4.21 Å². The minimum atomic E-state index is -2.53. The van der Waals surface area contributed by atoms with Gasteiger partial charge in [0.25, 0.3) is 0 Å². The van der Waals surface area contributed by atoms with E-state index < -0.39 is 14.6 Å². The van der Waals surface area contributed by atoms with Gasteiger partial charge in [-0.05, 0) is 42.1 Å². The molecule has 2 nitrogen and oxygen atoms in total. The van der Waals surface area contributed by atoms with E-state index in [1.807, 2.05) is 18.2 Å². The highest BCUT2D eigenvalue weighted by Crippen LogP contribution is 2.28. The lowest BCUT2D eigenvalue weighted by atomic mass is 9.86. The van der Waals surface area contributed by atoms with E-state index in [0.717, 1.165) is 12.8 Å². The molecule has 18 heavy (non-hydrogen) atoms. The fourth-order valence-corrected chi connectivity index (χ4v) is 4.84. The largest absolute Gasteiger partial charge is 0.392 e. The topological polar surface area (TPSA) is 37.3 Å². The number of hydrogen-bond acceptors (Lipinski definition) is 3. The minimum Gasteiger partial charge on any atom is -0.392 e. The van der Waals surface area contributed by atoms with Crippen LogP contribution in [0.3, 0.4) is 0 Å². The third kappa shape index (κ3) is 3.53. The van der Waals surface area contributed by atoms with Gasteiger partial charge in [0.2, 0.25) is 0 Å². The first-order valence-electron chi connectivity index (χ1n) is 6.55. The minimum absolute atomic E-state index is 0.219. The Morgan fingerprint density at radius 2 is 1.83 bits per heavy atom. The summed E-state index contributed by atoms with van der Waals surface area (Å²) in [4.78, 5) is 0.676. The van der Waals surface area contributed by atoms with Crippen molar-refractivity contribution in [1.82, 2.24) is 0 Å². The van der Waals surface area contributed by atoms with Crippen molar-refractivity contribution in [3.63, 3.8) is 0 Å². The van der Waals surface area contributed by atoms with Crippen LogP contribution in [0.4, 0.5) is 0 Å². The van der Waals surface area contributed by atoms with Gasteiger partial charge in [-0.1, -0.05) is 37.5 Å². The van der Waals surface area contributed by atoms with Gasteiger partial charge in [0.15, 0.2) is 0 Å². The van der Waals surface area contributed by atoms with Crippen LogP contribution < -0.4 is 0 Å². The third-order valence-corrected chi connectivity index (χ3v) is 6.44. The highest BCUT2D eigenvalue weighted by Gasteiger charge is 2.25. The second kappa shape index (κ2) is 6.13. The van der Waals surface area contributed by atoms with Gasteiger partial charge in [0.05, 0.1) is 20.3 Å². The molecule has 1 N–H and O–H groups in total. The highest BCUT2D eigenvalue weighted by atomic mass is 32.8. The van der Waals surface area contributed by atoms with Crippen LogP contribution in [0, 0.1) is 5.92 Å². The number of aliphatic hydroxyl groups excluding tert-OH is 1. The van der Waals surface area contributed by atoms with Gasteiger partial charge in [-0.25, -0.2) is 0 Å². The van der Waals surface area contributed by atoms with E-state index >= 15 is 0 Å². The van der Waals surface area contributed by atoms with Gasteiger partial charge in [-0.2, -0.15) is 0 Å². The SMILES string of the molecule is O=S(=S)(CC(O)C1CCCCC1)c1ccccc1. The fourth-order valence-electron chi connectivity index (χ4n) is 2.60. The summed E-state index contributed by atoms with van der Waals surface area (Å²) >= 11 is 5.22. The molecule has 2 unspecified atom stereocenters. The Kier molecular flexibility index (Phi) is 4.76. The third-order valence-electron chi connectivity index (χ3n) is 3.69. The van der Waals surface area contributed by atoms with Crippen molar-refractivity contribution in [3.05, 3.63) is 30.3 Å². The average molecular weight is 284 g/mol. The van der Waals surface area contributed by atoms with E-state index in [9.17, 15) is 9.32 Å². The first-order valence-corrected chi connectivity index (χ1v) is 9.21. The molecule has 0 aromatic heterocycles. The summed E-state index contributed by atoms with van der Waals surface area (Å²) in [6, 6.07) is 9.15. The zero-order valence-electron chi connectivity index (χ0n) is 10.5. The maximum atomic E-state index is 12.5. The zero-order chi connectivity index (χ0) is 13.0. The molecule has 0 saturated heterocycles. The van der Waals surface area contributed by atoms with Crippen LogP contribution in [-0.4, -0.2) is 21.2 Å². The van der Waals surface area contributed by atoms with Gasteiger partial charge >= 0.3 is 0 Å². The zero-order valence-corrected chi connectivity index (χ0v) is 12.1. The van der Waals surface area contributed by atoms with Gasteiger partial charge < -0.3 is 5.11 Å². The molecule has 2 rings (SSSR count). The summed E-state index contributed by atoms with van der Waals surface area (Å²) in [5.41, 5.74) is 0. The summed E-state index contributed by atoms with van der Waals surface area (Å²) < 4.78 is 12.5. The summed E-state index contributed by atoms with van der Waals surface area (Å²) in [5, 5.41) is 10.2. The number of hydrogen-bond donors (Lipinski definition) is 1. The second-order valence-corrected chi connectivity index (χ2v) is 8.71. The Balaban J connectivity index is 2.04. The van der Waals surface area contributed by atoms with Gasteiger partial charge in [-0.15, -0.1) is 0 Å². The maximum Gasteiger partial charge on any atom is 0.0689 e. The van der Waals surface area contributed by atoms with E-state index in [1.165, 1.54) is 19.3 Å². The van der Waals surface area contributed by atoms with Crippen molar-refractivity contribution in [1.29, 1.82) is 0 Å². The van der Waals surface area contributed by atoms with Crippen molar-refractivity contribution in [3.8, 4) is 0 Å². The summed E-state index contributed by atoms with van der Waals surface area (Å²) in [6.45, 7) is 0. The molecule has 100 valence electrons. The smallest absolute Gasteiger partial charge is 0.0689 e. The lowest BCUT2D eigenvalue weighted by Crippen LogP contribution is -2.30. The standard InChI is InChI=1S/C14H20O2S2/c15-14(12-7-3-1-4-8-12)11-18(16,17)13-9-5-2-6-10-13/h2,5-6,9-10,12,14-15H,1,3-4,7-8,11H2. The highest BCUT2D eigenvalue weighted by molar-refractivity contribution is 8.33. The Labute approximate surface area is 114 Å². The average Bonchev–Trinajstić information content (AvgIpc) is 2.40. The number of aliphatic hydroxyl groups is 1. The first-order chi connectivity index (χ1) is 8.59. The van der Waals surface area contributed by atoms with E-state index in [0.29, 0.717) is 4.90 Å². The molecular formula is C14H20O2S2. The van der Waals surface area contributed by atoms with Crippen LogP contribution in [0.1, 0.15) is 32.1 Å². The first kappa shape index (κ1) is 14.0.